The van der Waals surface area contributed by atoms with Crippen molar-refractivity contribution in [1.29, 1.82) is 0 Å². The third-order valence-corrected chi connectivity index (χ3v) is 11.1. The summed E-state index contributed by atoms with van der Waals surface area (Å²) in [7, 11) is -0.694. The Balaban J connectivity index is 1.91. The number of hydrogen-bond acceptors (Lipinski definition) is 3. The highest BCUT2D eigenvalue weighted by Crippen LogP contribution is 2.44. The van der Waals surface area contributed by atoms with Gasteiger partial charge in [-0.05, 0) is 69.5 Å². The van der Waals surface area contributed by atoms with Crippen LogP contribution in [0.1, 0.15) is 105 Å². The van der Waals surface area contributed by atoms with E-state index < -0.39 is 9.04 Å². The van der Waals surface area contributed by atoms with E-state index in [-0.39, 0.29) is 17.5 Å². The van der Waals surface area contributed by atoms with E-state index in [9.17, 15) is 4.79 Å². The zero-order valence-electron chi connectivity index (χ0n) is 19.0. The molecule has 1 unspecified atom stereocenters. The van der Waals surface area contributed by atoms with Crippen molar-refractivity contribution in [2.45, 2.75) is 128 Å². The van der Waals surface area contributed by atoms with E-state index in [1.54, 1.807) is 0 Å². The number of carbonyl (C=O) groups excluding carboxylic acids is 1. The van der Waals surface area contributed by atoms with Crippen molar-refractivity contribution in [2.75, 3.05) is 0 Å². The van der Waals surface area contributed by atoms with Crippen molar-refractivity contribution >= 4 is 24.8 Å². The van der Waals surface area contributed by atoms with Crippen LogP contribution in [0, 0.1) is 11.8 Å². The molecule has 2 aliphatic carbocycles. The van der Waals surface area contributed by atoms with Crippen molar-refractivity contribution in [3.63, 3.8) is 0 Å². The lowest BCUT2D eigenvalue weighted by Gasteiger charge is -2.37. The van der Waals surface area contributed by atoms with Gasteiger partial charge in [0.15, 0.2) is 0 Å². The quantitative estimate of drug-likeness (QED) is 0.387. The molecule has 3 nitrogen and oxygen atoms in total. The zero-order chi connectivity index (χ0) is 20.6. The Kier molecular flexibility index (Phi) is 10.3. The molecule has 0 aromatic heterocycles. The molecule has 0 bridgehead atoms. The molecule has 1 atom stereocenters. The monoisotopic (exact) mass is 423 g/mol. The maximum absolute atomic E-state index is 12.9. The summed E-state index contributed by atoms with van der Waals surface area (Å²) in [6, 6.07) is 0.791. The molecule has 0 saturated heterocycles. The highest BCUT2D eigenvalue weighted by Gasteiger charge is 2.39. The van der Waals surface area contributed by atoms with Crippen LogP contribution in [-0.4, -0.2) is 30.4 Å². The van der Waals surface area contributed by atoms with Gasteiger partial charge in [-0.1, -0.05) is 58.8 Å². The van der Waals surface area contributed by atoms with Crippen LogP contribution in [0.3, 0.4) is 0 Å². The predicted octanol–water partition coefficient (Wildman–Crippen LogP) is 6.70. The Bertz CT molecular complexity index is 449. The van der Waals surface area contributed by atoms with Gasteiger partial charge in [0, 0.05) is 5.60 Å². The molecule has 28 heavy (non-hydrogen) atoms. The molecule has 0 heterocycles. The third-order valence-electron chi connectivity index (χ3n) is 6.34. The number of rotatable bonds is 9. The molecule has 2 fully saturated rings. The number of hydrogen-bond donors (Lipinski definition) is 0. The van der Waals surface area contributed by atoms with Crippen LogP contribution in [0.4, 0.5) is 0 Å². The lowest BCUT2D eigenvalue weighted by Crippen LogP contribution is -2.38. The van der Waals surface area contributed by atoms with Crippen LogP contribution < -0.4 is 0 Å². The molecular formula is C23H43O3Si2. The van der Waals surface area contributed by atoms with Gasteiger partial charge in [0.1, 0.15) is 0 Å². The van der Waals surface area contributed by atoms with E-state index in [1.165, 1.54) is 70.6 Å². The lowest BCUT2D eigenvalue weighted by molar-refractivity contribution is -0.138. The summed E-state index contributed by atoms with van der Waals surface area (Å²) in [5.74, 6) is 0.932. The summed E-state index contributed by atoms with van der Waals surface area (Å²) in [6.45, 7) is 10.5. The van der Waals surface area contributed by atoms with Crippen LogP contribution in [0.25, 0.3) is 0 Å². The van der Waals surface area contributed by atoms with Gasteiger partial charge < -0.3 is 8.85 Å². The fourth-order valence-electron chi connectivity index (χ4n) is 4.71. The van der Waals surface area contributed by atoms with Crippen molar-refractivity contribution in [3.8, 4) is 0 Å². The second kappa shape index (κ2) is 11.9. The van der Waals surface area contributed by atoms with Gasteiger partial charge in [0.25, 0.3) is 15.0 Å². The standard InChI is InChI=1S/C23H43O3Si2/c1-6-10-19-13-15-21(16-14-19)28(20-11-8-7-9-12-20)25-22(24)18(2)17-27-26-23(3,4)5/h18-21H,6-17H2,1-5H3. The zero-order valence-corrected chi connectivity index (χ0v) is 21.0. The summed E-state index contributed by atoms with van der Waals surface area (Å²) >= 11 is 0. The first-order valence-corrected chi connectivity index (χ1v) is 14.5. The maximum Gasteiger partial charge on any atom is 0.295 e. The SMILES string of the molecule is CCCC1CCC([Si](OC(=O)C(C)C[Si]OC(C)(C)C)C2CCCCC2)CC1. The Morgan fingerprint density at radius 1 is 1.04 bits per heavy atom. The minimum atomic E-state index is -1.07. The summed E-state index contributed by atoms with van der Waals surface area (Å²) < 4.78 is 12.2. The fourth-order valence-corrected chi connectivity index (χ4v) is 8.96. The van der Waals surface area contributed by atoms with Gasteiger partial charge in [-0.2, -0.15) is 0 Å². The van der Waals surface area contributed by atoms with E-state index in [2.05, 4.69) is 27.7 Å². The Morgan fingerprint density at radius 3 is 2.21 bits per heavy atom. The van der Waals surface area contributed by atoms with E-state index in [0.717, 1.165) is 12.0 Å². The molecule has 2 rings (SSSR count). The van der Waals surface area contributed by atoms with Crippen LogP contribution in [0.5, 0.6) is 0 Å². The molecular weight excluding hydrogens is 380 g/mol. The molecule has 2 saturated carbocycles. The largest absolute Gasteiger partial charge is 0.517 e. The lowest BCUT2D eigenvalue weighted by atomic mass is 9.86. The predicted molar refractivity (Wildman–Crippen MR) is 120 cm³/mol. The molecule has 0 N–H and O–H groups in total. The van der Waals surface area contributed by atoms with E-state index in [0.29, 0.717) is 20.8 Å². The molecule has 0 aromatic carbocycles. The molecule has 0 amide bonds. The molecule has 0 aromatic rings. The average Bonchev–Trinajstić information content (AvgIpc) is 2.66. The highest BCUT2D eigenvalue weighted by molar-refractivity contribution is 6.57. The van der Waals surface area contributed by atoms with Crippen LogP contribution in [0.15, 0.2) is 0 Å². The molecule has 0 aliphatic heterocycles. The van der Waals surface area contributed by atoms with Gasteiger partial charge in [-0.25, -0.2) is 0 Å². The van der Waals surface area contributed by atoms with Gasteiger partial charge in [-0.3, -0.25) is 4.79 Å². The summed E-state index contributed by atoms with van der Waals surface area (Å²) in [5.41, 5.74) is 1.25. The van der Waals surface area contributed by atoms with Crippen LogP contribution in [0.2, 0.25) is 17.1 Å². The van der Waals surface area contributed by atoms with Crippen molar-refractivity contribution < 1.29 is 13.6 Å². The molecule has 3 radical (unpaired) electrons. The highest BCUT2D eigenvalue weighted by atomic mass is 28.3. The maximum atomic E-state index is 12.9. The minimum Gasteiger partial charge on any atom is -0.517 e. The summed E-state index contributed by atoms with van der Waals surface area (Å²) in [5, 5.41) is 0. The van der Waals surface area contributed by atoms with Crippen molar-refractivity contribution in [3.05, 3.63) is 0 Å². The van der Waals surface area contributed by atoms with Gasteiger partial charge >= 0.3 is 0 Å². The molecule has 2 aliphatic rings. The Labute approximate surface area is 178 Å². The topological polar surface area (TPSA) is 35.5 Å². The van der Waals surface area contributed by atoms with Crippen LogP contribution in [-0.2, 0) is 13.6 Å². The Morgan fingerprint density at radius 2 is 1.64 bits per heavy atom. The first-order valence-electron chi connectivity index (χ1n) is 11.8. The molecule has 161 valence electrons. The third kappa shape index (κ3) is 8.31. The Hall–Kier alpha value is -0.136. The van der Waals surface area contributed by atoms with E-state index >= 15 is 0 Å². The molecule has 5 heteroatoms. The number of carbonyl (C=O) groups is 1. The molecule has 0 spiro atoms. The van der Waals surface area contributed by atoms with E-state index in [4.69, 9.17) is 8.85 Å². The fraction of sp³-hybridized carbons (Fsp3) is 0.957. The smallest absolute Gasteiger partial charge is 0.295 e. The van der Waals surface area contributed by atoms with Crippen LogP contribution >= 0.6 is 0 Å². The summed E-state index contributed by atoms with van der Waals surface area (Å²) in [4.78, 5) is 12.9. The van der Waals surface area contributed by atoms with E-state index in [1.807, 2.05) is 6.92 Å². The second-order valence-corrected chi connectivity index (χ2v) is 13.7. The second-order valence-electron chi connectivity index (χ2n) is 10.1. The minimum absolute atomic E-state index is 0.0410. The van der Waals surface area contributed by atoms with Gasteiger partial charge in [0.05, 0.1) is 5.92 Å². The first kappa shape index (κ1) is 24.1. The van der Waals surface area contributed by atoms with Gasteiger partial charge in [-0.15, -0.1) is 0 Å². The first-order chi connectivity index (χ1) is 13.3. The van der Waals surface area contributed by atoms with Crippen molar-refractivity contribution in [2.24, 2.45) is 11.8 Å². The average molecular weight is 424 g/mol. The van der Waals surface area contributed by atoms with Gasteiger partial charge in [0.2, 0.25) is 9.76 Å². The van der Waals surface area contributed by atoms with Crippen molar-refractivity contribution in [1.82, 2.24) is 0 Å². The normalized spacial score (nSPS) is 25.6. The summed E-state index contributed by atoms with van der Waals surface area (Å²) in [6.07, 6.45) is 14.6.